The van der Waals surface area contributed by atoms with Crippen LogP contribution >= 0.6 is 0 Å². The Kier molecular flexibility index (Phi) is 5.89. The van der Waals surface area contributed by atoms with Gasteiger partial charge in [0.2, 0.25) is 0 Å². The van der Waals surface area contributed by atoms with Crippen LogP contribution in [0.2, 0.25) is 0 Å². The molecule has 27 heavy (non-hydrogen) atoms. The van der Waals surface area contributed by atoms with Crippen LogP contribution < -0.4 is 20.1 Å². The number of carbonyl (C=O) groups is 1. The zero-order valence-electron chi connectivity index (χ0n) is 15.2. The minimum Gasteiger partial charge on any atom is -0.497 e. The lowest BCUT2D eigenvalue weighted by Crippen LogP contribution is -2.12. The number of nitrogens with one attached hydrogen (secondary N) is 2. The first kappa shape index (κ1) is 18.3. The van der Waals surface area contributed by atoms with Crippen molar-refractivity contribution in [3.63, 3.8) is 0 Å². The molecule has 0 saturated carbocycles. The SMILES string of the molecule is CCOc1ccc(NC(=O)c2cncc(Nc3cccc(OC)c3)c2)cc1. The van der Waals surface area contributed by atoms with Crippen LogP contribution in [0.25, 0.3) is 0 Å². The van der Waals surface area contributed by atoms with Crippen LogP contribution in [0.15, 0.2) is 67.0 Å². The molecular weight excluding hydrogens is 342 g/mol. The molecule has 0 aliphatic rings. The van der Waals surface area contributed by atoms with Crippen molar-refractivity contribution in [3.05, 3.63) is 72.6 Å². The lowest BCUT2D eigenvalue weighted by Gasteiger charge is -2.10. The number of nitrogens with zero attached hydrogens (tertiary/aromatic N) is 1. The Balaban J connectivity index is 1.69. The van der Waals surface area contributed by atoms with E-state index >= 15 is 0 Å². The molecule has 0 fully saturated rings. The number of carbonyl (C=O) groups excluding carboxylic acids is 1. The maximum absolute atomic E-state index is 12.5. The summed E-state index contributed by atoms with van der Waals surface area (Å²) in [5.41, 5.74) is 2.70. The van der Waals surface area contributed by atoms with Crippen molar-refractivity contribution >= 4 is 23.0 Å². The number of amides is 1. The second kappa shape index (κ2) is 8.71. The molecule has 6 nitrogen and oxygen atoms in total. The van der Waals surface area contributed by atoms with E-state index in [2.05, 4.69) is 15.6 Å². The van der Waals surface area contributed by atoms with Gasteiger partial charge >= 0.3 is 0 Å². The molecule has 0 saturated heterocycles. The molecule has 0 unspecified atom stereocenters. The molecule has 2 aromatic carbocycles. The molecule has 3 rings (SSSR count). The number of hydrogen-bond acceptors (Lipinski definition) is 5. The van der Waals surface area contributed by atoms with E-state index in [1.807, 2.05) is 43.3 Å². The first-order valence-corrected chi connectivity index (χ1v) is 8.58. The van der Waals surface area contributed by atoms with Gasteiger partial charge in [0.1, 0.15) is 11.5 Å². The largest absolute Gasteiger partial charge is 0.497 e. The maximum Gasteiger partial charge on any atom is 0.257 e. The maximum atomic E-state index is 12.5. The molecule has 0 atom stereocenters. The van der Waals surface area contributed by atoms with Crippen molar-refractivity contribution in [2.45, 2.75) is 6.92 Å². The average Bonchev–Trinajstić information content (AvgIpc) is 2.70. The summed E-state index contributed by atoms with van der Waals surface area (Å²) in [4.78, 5) is 16.6. The molecule has 0 radical (unpaired) electrons. The first-order chi connectivity index (χ1) is 13.2. The van der Waals surface area contributed by atoms with Crippen LogP contribution in [0.5, 0.6) is 11.5 Å². The van der Waals surface area contributed by atoms with E-state index in [0.717, 1.165) is 17.2 Å². The van der Waals surface area contributed by atoms with Crippen LogP contribution in [0.4, 0.5) is 17.1 Å². The van der Waals surface area contributed by atoms with E-state index in [-0.39, 0.29) is 5.91 Å². The Morgan fingerprint density at radius 1 is 0.963 bits per heavy atom. The minimum atomic E-state index is -0.235. The van der Waals surface area contributed by atoms with Gasteiger partial charge in [0.15, 0.2) is 0 Å². The predicted molar refractivity (Wildman–Crippen MR) is 106 cm³/mol. The van der Waals surface area contributed by atoms with Gasteiger partial charge in [-0.05, 0) is 49.4 Å². The summed E-state index contributed by atoms with van der Waals surface area (Å²) in [6, 6.07) is 16.5. The lowest BCUT2D eigenvalue weighted by molar-refractivity contribution is 0.102. The second-order valence-electron chi connectivity index (χ2n) is 5.73. The number of ether oxygens (including phenoxy) is 2. The number of pyridine rings is 1. The average molecular weight is 363 g/mol. The molecule has 0 bridgehead atoms. The fourth-order valence-corrected chi connectivity index (χ4v) is 2.50. The van der Waals surface area contributed by atoms with Crippen molar-refractivity contribution in [2.24, 2.45) is 0 Å². The number of hydrogen-bond donors (Lipinski definition) is 2. The van der Waals surface area contributed by atoms with E-state index in [1.54, 1.807) is 31.5 Å². The van der Waals surface area contributed by atoms with Gasteiger partial charge in [-0.3, -0.25) is 9.78 Å². The quantitative estimate of drug-likeness (QED) is 0.647. The number of methoxy groups -OCH3 is 1. The van der Waals surface area contributed by atoms with Crippen LogP contribution in [-0.4, -0.2) is 24.6 Å². The van der Waals surface area contributed by atoms with Crippen molar-refractivity contribution in [3.8, 4) is 11.5 Å². The first-order valence-electron chi connectivity index (χ1n) is 8.58. The topological polar surface area (TPSA) is 72.5 Å². The second-order valence-corrected chi connectivity index (χ2v) is 5.73. The molecule has 1 heterocycles. The number of aromatic nitrogens is 1. The van der Waals surface area contributed by atoms with E-state index in [9.17, 15) is 4.79 Å². The van der Waals surface area contributed by atoms with Crippen molar-refractivity contribution in [2.75, 3.05) is 24.4 Å². The Morgan fingerprint density at radius 3 is 2.52 bits per heavy atom. The summed E-state index contributed by atoms with van der Waals surface area (Å²) in [6.45, 7) is 2.53. The van der Waals surface area contributed by atoms with Crippen molar-refractivity contribution < 1.29 is 14.3 Å². The lowest BCUT2D eigenvalue weighted by atomic mass is 10.2. The van der Waals surface area contributed by atoms with E-state index in [1.165, 1.54) is 6.20 Å². The van der Waals surface area contributed by atoms with Gasteiger partial charge in [-0.1, -0.05) is 6.07 Å². The number of rotatable bonds is 7. The summed E-state index contributed by atoms with van der Waals surface area (Å²) >= 11 is 0. The van der Waals surface area contributed by atoms with Crippen LogP contribution in [0.1, 0.15) is 17.3 Å². The highest BCUT2D eigenvalue weighted by atomic mass is 16.5. The van der Waals surface area contributed by atoms with Crippen LogP contribution in [-0.2, 0) is 0 Å². The molecule has 0 spiro atoms. The highest BCUT2D eigenvalue weighted by molar-refractivity contribution is 6.04. The molecule has 0 aliphatic carbocycles. The Bertz CT molecular complexity index is 911. The zero-order valence-corrected chi connectivity index (χ0v) is 15.2. The zero-order chi connectivity index (χ0) is 19.1. The number of anilines is 3. The third kappa shape index (κ3) is 4.98. The summed E-state index contributed by atoms with van der Waals surface area (Å²) in [5, 5.41) is 6.07. The van der Waals surface area contributed by atoms with Crippen molar-refractivity contribution in [1.82, 2.24) is 4.98 Å². The summed E-state index contributed by atoms with van der Waals surface area (Å²) in [5.74, 6) is 1.28. The third-order valence-corrected chi connectivity index (χ3v) is 3.78. The van der Waals surface area contributed by atoms with Gasteiger partial charge in [-0.2, -0.15) is 0 Å². The molecule has 3 aromatic rings. The Labute approximate surface area is 158 Å². The molecular formula is C21H21N3O3. The fourth-order valence-electron chi connectivity index (χ4n) is 2.50. The van der Waals surface area contributed by atoms with Gasteiger partial charge < -0.3 is 20.1 Å². The van der Waals surface area contributed by atoms with E-state index in [0.29, 0.717) is 23.5 Å². The monoisotopic (exact) mass is 363 g/mol. The molecule has 1 aromatic heterocycles. The van der Waals surface area contributed by atoms with E-state index in [4.69, 9.17) is 9.47 Å². The van der Waals surface area contributed by atoms with Gasteiger partial charge in [0, 0.05) is 23.6 Å². The Morgan fingerprint density at radius 2 is 1.78 bits per heavy atom. The van der Waals surface area contributed by atoms with Gasteiger partial charge in [0.05, 0.1) is 31.2 Å². The van der Waals surface area contributed by atoms with E-state index < -0.39 is 0 Å². The molecule has 6 heteroatoms. The summed E-state index contributed by atoms with van der Waals surface area (Å²) in [6.07, 6.45) is 3.19. The standard InChI is InChI=1S/C21H21N3O3/c1-3-27-19-9-7-16(8-10-19)24-21(25)15-11-18(14-22-13-15)23-17-5-4-6-20(12-17)26-2/h4-14,23H,3H2,1-2H3,(H,24,25). The smallest absolute Gasteiger partial charge is 0.257 e. The molecule has 0 aliphatic heterocycles. The highest BCUT2D eigenvalue weighted by Gasteiger charge is 2.08. The predicted octanol–water partition coefficient (Wildman–Crippen LogP) is 4.48. The van der Waals surface area contributed by atoms with Gasteiger partial charge in [-0.25, -0.2) is 0 Å². The van der Waals surface area contributed by atoms with Crippen LogP contribution in [0.3, 0.4) is 0 Å². The normalized spacial score (nSPS) is 10.1. The summed E-state index contributed by atoms with van der Waals surface area (Å²) < 4.78 is 10.6. The minimum absolute atomic E-state index is 0.235. The summed E-state index contributed by atoms with van der Waals surface area (Å²) in [7, 11) is 1.62. The highest BCUT2D eigenvalue weighted by Crippen LogP contribution is 2.22. The van der Waals surface area contributed by atoms with Gasteiger partial charge in [-0.15, -0.1) is 0 Å². The van der Waals surface area contributed by atoms with Gasteiger partial charge in [0.25, 0.3) is 5.91 Å². The number of benzene rings is 2. The Hall–Kier alpha value is -3.54. The third-order valence-electron chi connectivity index (χ3n) is 3.78. The van der Waals surface area contributed by atoms with Crippen LogP contribution in [0, 0.1) is 0 Å². The fraction of sp³-hybridized carbons (Fsp3) is 0.143. The molecule has 1 amide bonds. The molecule has 138 valence electrons. The molecule has 2 N–H and O–H groups in total. The van der Waals surface area contributed by atoms with Crippen molar-refractivity contribution in [1.29, 1.82) is 0 Å².